The number of rotatable bonds is 8. The Bertz CT molecular complexity index is 1410. The molecule has 2 aromatic carbocycles. The highest BCUT2D eigenvalue weighted by molar-refractivity contribution is 6.00. The van der Waals surface area contributed by atoms with Crippen LogP contribution in [0, 0.1) is 5.92 Å². The van der Waals surface area contributed by atoms with Gasteiger partial charge in [0.2, 0.25) is 5.91 Å². The van der Waals surface area contributed by atoms with E-state index in [4.69, 9.17) is 16.2 Å². The summed E-state index contributed by atoms with van der Waals surface area (Å²) in [7, 11) is 0. The maximum absolute atomic E-state index is 11.8. The predicted octanol–water partition coefficient (Wildman–Crippen LogP) is 4.16. The van der Waals surface area contributed by atoms with Crippen LogP contribution >= 0.6 is 0 Å². The minimum Gasteiger partial charge on any atom is -0.489 e. The third-order valence-corrected chi connectivity index (χ3v) is 7.82. The summed E-state index contributed by atoms with van der Waals surface area (Å²) < 4.78 is 8.34. The lowest BCUT2D eigenvalue weighted by molar-refractivity contribution is -0.122. The zero-order valence-electron chi connectivity index (χ0n) is 20.8. The SMILES string of the molecule is NC(=O)C1CCCN1CC1CC(n2cc(-c3cccc(OCc4ccccc4)c3)c3c(N)ncnc32)C1. The van der Waals surface area contributed by atoms with Crippen molar-refractivity contribution < 1.29 is 9.53 Å². The smallest absolute Gasteiger partial charge is 0.234 e. The maximum Gasteiger partial charge on any atom is 0.234 e. The highest BCUT2D eigenvalue weighted by atomic mass is 16.5. The molecule has 1 saturated carbocycles. The van der Waals surface area contributed by atoms with E-state index < -0.39 is 0 Å². The summed E-state index contributed by atoms with van der Waals surface area (Å²) in [4.78, 5) is 23.0. The number of primary amides is 1. The van der Waals surface area contributed by atoms with Crippen molar-refractivity contribution in [1.29, 1.82) is 0 Å². The molecule has 0 radical (unpaired) electrons. The van der Waals surface area contributed by atoms with Gasteiger partial charge in [0, 0.05) is 24.3 Å². The summed E-state index contributed by atoms with van der Waals surface area (Å²) in [6.07, 6.45) is 7.69. The fourth-order valence-electron chi connectivity index (χ4n) is 5.88. The van der Waals surface area contributed by atoms with Crippen molar-refractivity contribution in [3.05, 3.63) is 72.7 Å². The van der Waals surface area contributed by atoms with Crippen LogP contribution in [0.25, 0.3) is 22.2 Å². The van der Waals surface area contributed by atoms with Crippen LogP contribution in [0.5, 0.6) is 5.75 Å². The Morgan fingerprint density at radius 1 is 1.08 bits per heavy atom. The molecular weight excluding hydrogens is 464 g/mol. The van der Waals surface area contributed by atoms with Crippen molar-refractivity contribution in [3.63, 3.8) is 0 Å². The molecule has 3 heterocycles. The second-order valence-corrected chi connectivity index (χ2v) is 10.3. The molecule has 1 amide bonds. The van der Waals surface area contributed by atoms with Gasteiger partial charge in [-0.2, -0.15) is 0 Å². The van der Waals surface area contributed by atoms with Crippen molar-refractivity contribution in [1.82, 2.24) is 19.4 Å². The molecule has 1 aliphatic carbocycles. The van der Waals surface area contributed by atoms with E-state index in [2.05, 4.69) is 49.9 Å². The Labute approximate surface area is 216 Å². The lowest BCUT2D eigenvalue weighted by Gasteiger charge is -2.39. The molecule has 2 aromatic heterocycles. The molecule has 1 aliphatic heterocycles. The average molecular weight is 497 g/mol. The number of nitrogens with zero attached hydrogens (tertiary/aromatic N) is 4. The Hall–Kier alpha value is -3.91. The summed E-state index contributed by atoms with van der Waals surface area (Å²) in [5.41, 5.74) is 16.0. The predicted molar refractivity (Wildman–Crippen MR) is 144 cm³/mol. The van der Waals surface area contributed by atoms with Crippen molar-refractivity contribution in [2.24, 2.45) is 11.7 Å². The molecule has 4 N–H and O–H groups in total. The number of carbonyl (C=O) groups excluding carboxylic acids is 1. The van der Waals surface area contributed by atoms with Gasteiger partial charge in [0.25, 0.3) is 0 Å². The van der Waals surface area contributed by atoms with Crippen LogP contribution in [0.1, 0.15) is 37.3 Å². The normalized spacial score (nSPS) is 21.7. The standard InChI is InChI=1S/C29H32N6O2/c30-27-26-24(21-8-4-9-23(14-21)37-17-19-6-2-1-3-7-19)16-35(29(26)33-18-32-27)22-12-20(13-22)15-34-11-5-10-25(34)28(31)36/h1-4,6-9,14,16,18,20,22,25H,5,10-13,15,17H2,(H2,31,36)(H2,30,32,33). The van der Waals surface area contributed by atoms with Crippen LogP contribution in [-0.4, -0.2) is 44.5 Å². The summed E-state index contributed by atoms with van der Waals surface area (Å²) in [5, 5.41) is 0.875. The van der Waals surface area contributed by atoms with Gasteiger partial charge in [0.15, 0.2) is 0 Å². The zero-order chi connectivity index (χ0) is 25.4. The molecule has 37 heavy (non-hydrogen) atoms. The molecule has 6 rings (SSSR count). The highest BCUT2D eigenvalue weighted by Gasteiger charge is 2.37. The van der Waals surface area contributed by atoms with Gasteiger partial charge in [0.05, 0.1) is 11.4 Å². The summed E-state index contributed by atoms with van der Waals surface area (Å²) in [6.45, 7) is 2.39. The van der Waals surface area contributed by atoms with Crippen molar-refractivity contribution >= 4 is 22.8 Å². The van der Waals surface area contributed by atoms with E-state index in [0.29, 0.717) is 24.4 Å². The molecular formula is C29H32N6O2. The first-order valence-electron chi connectivity index (χ1n) is 13.0. The third kappa shape index (κ3) is 4.64. The Kier molecular flexibility index (Phi) is 6.26. The summed E-state index contributed by atoms with van der Waals surface area (Å²) >= 11 is 0. The van der Waals surface area contributed by atoms with Gasteiger partial charge in [0.1, 0.15) is 30.1 Å². The lowest BCUT2D eigenvalue weighted by atomic mass is 9.79. The fraction of sp³-hybridized carbons (Fsp3) is 0.345. The maximum atomic E-state index is 11.8. The van der Waals surface area contributed by atoms with Crippen LogP contribution in [0.3, 0.4) is 0 Å². The van der Waals surface area contributed by atoms with Crippen molar-refractivity contribution in [3.8, 4) is 16.9 Å². The Morgan fingerprint density at radius 2 is 1.92 bits per heavy atom. The first kappa shape index (κ1) is 23.5. The van der Waals surface area contributed by atoms with Crippen LogP contribution < -0.4 is 16.2 Å². The van der Waals surface area contributed by atoms with Crippen LogP contribution in [0.15, 0.2) is 67.1 Å². The molecule has 8 nitrogen and oxygen atoms in total. The van der Waals surface area contributed by atoms with Gasteiger partial charge in [-0.05, 0) is 61.4 Å². The average Bonchev–Trinajstić information content (AvgIpc) is 3.51. The number of benzene rings is 2. The number of aromatic nitrogens is 3. The first-order chi connectivity index (χ1) is 18.1. The molecule has 8 heteroatoms. The molecule has 1 atom stereocenters. The number of carbonyl (C=O) groups is 1. The summed E-state index contributed by atoms with van der Waals surface area (Å²) in [5.74, 6) is 1.62. The molecule has 1 unspecified atom stereocenters. The molecule has 4 aromatic rings. The van der Waals surface area contributed by atoms with E-state index in [1.165, 1.54) is 6.33 Å². The van der Waals surface area contributed by atoms with Gasteiger partial charge in [-0.15, -0.1) is 0 Å². The Morgan fingerprint density at radius 3 is 2.73 bits per heavy atom. The van der Waals surface area contributed by atoms with E-state index in [0.717, 1.165) is 72.2 Å². The minimum atomic E-state index is -0.198. The van der Waals surface area contributed by atoms with Gasteiger partial charge in [-0.3, -0.25) is 9.69 Å². The largest absolute Gasteiger partial charge is 0.489 e. The molecule has 2 aliphatic rings. The van der Waals surface area contributed by atoms with Crippen LogP contribution in [0.2, 0.25) is 0 Å². The zero-order valence-corrected chi connectivity index (χ0v) is 20.8. The second-order valence-electron chi connectivity index (χ2n) is 10.3. The Balaban J connectivity index is 1.22. The molecule has 1 saturated heterocycles. The lowest BCUT2D eigenvalue weighted by Crippen LogP contribution is -2.44. The van der Waals surface area contributed by atoms with Gasteiger partial charge < -0.3 is 20.8 Å². The molecule has 2 fully saturated rings. The number of ether oxygens (including phenoxy) is 1. The van der Waals surface area contributed by atoms with E-state index in [1.807, 2.05) is 30.3 Å². The topological polar surface area (TPSA) is 112 Å². The van der Waals surface area contributed by atoms with Gasteiger partial charge >= 0.3 is 0 Å². The fourth-order valence-corrected chi connectivity index (χ4v) is 5.88. The molecule has 190 valence electrons. The number of anilines is 1. The van der Waals surface area contributed by atoms with E-state index in [9.17, 15) is 4.79 Å². The van der Waals surface area contributed by atoms with Crippen molar-refractivity contribution in [2.45, 2.75) is 44.4 Å². The summed E-state index contributed by atoms with van der Waals surface area (Å²) in [6, 6.07) is 18.5. The van der Waals surface area contributed by atoms with Crippen LogP contribution in [-0.2, 0) is 11.4 Å². The monoisotopic (exact) mass is 496 g/mol. The number of hydrogen-bond donors (Lipinski definition) is 2. The molecule has 0 bridgehead atoms. The molecule has 0 spiro atoms. The number of amides is 1. The van der Waals surface area contributed by atoms with E-state index in [-0.39, 0.29) is 11.9 Å². The quantitative estimate of drug-likeness (QED) is 0.379. The van der Waals surface area contributed by atoms with E-state index >= 15 is 0 Å². The third-order valence-electron chi connectivity index (χ3n) is 7.82. The van der Waals surface area contributed by atoms with Gasteiger partial charge in [-0.25, -0.2) is 9.97 Å². The number of fused-ring (bicyclic) bond motifs is 1. The number of hydrogen-bond acceptors (Lipinski definition) is 6. The van der Waals surface area contributed by atoms with Crippen molar-refractivity contribution in [2.75, 3.05) is 18.8 Å². The number of likely N-dealkylation sites (tertiary alicyclic amines) is 1. The van der Waals surface area contributed by atoms with E-state index in [1.54, 1.807) is 0 Å². The second kappa shape index (κ2) is 9.86. The highest BCUT2D eigenvalue weighted by Crippen LogP contribution is 2.44. The first-order valence-corrected chi connectivity index (χ1v) is 13.0. The number of nitrogens with two attached hydrogens (primary N) is 2. The van der Waals surface area contributed by atoms with Crippen LogP contribution in [0.4, 0.5) is 5.82 Å². The number of nitrogen functional groups attached to an aromatic ring is 1. The minimum absolute atomic E-state index is 0.109. The van der Waals surface area contributed by atoms with Gasteiger partial charge in [-0.1, -0.05) is 42.5 Å².